The lowest BCUT2D eigenvalue weighted by Gasteiger charge is -2.06. The van der Waals surface area contributed by atoms with Crippen LogP contribution in [0.25, 0.3) is 10.9 Å². The average molecular weight is 239 g/mol. The Balaban J connectivity index is 1.76. The first-order chi connectivity index (χ1) is 8.81. The maximum Gasteiger partial charge on any atom is 0.120 e. The van der Waals surface area contributed by atoms with E-state index in [2.05, 4.69) is 4.98 Å². The molecule has 3 rings (SSSR count). The highest BCUT2D eigenvalue weighted by atomic mass is 16.5. The summed E-state index contributed by atoms with van der Waals surface area (Å²) < 4.78 is 5.70. The van der Waals surface area contributed by atoms with E-state index in [1.807, 2.05) is 42.6 Å². The minimum atomic E-state index is 0.261. The molecule has 0 bridgehead atoms. The highest BCUT2D eigenvalue weighted by molar-refractivity contribution is 5.80. The van der Waals surface area contributed by atoms with Crippen molar-refractivity contribution in [3.05, 3.63) is 60.3 Å². The minimum absolute atomic E-state index is 0.261. The third-order valence-corrected chi connectivity index (χ3v) is 2.84. The smallest absolute Gasteiger partial charge is 0.120 e. The second-order valence-electron chi connectivity index (χ2n) is 4.19. The molecule has 0 unspecified atom stereocenters. The molecule has 2 aromatic carbocycles. The van der Waals surface area contributed by atoms with Gasteiger partial charge in [0.05, 0.1) is 0 Å². The number of benzene rings is 2. The number of ether oxygens (including phenoxy) is 1. The van der Waals surface area contributed by atoms with Crippen molar-refractivity contribution in [3.8, 4) is 11.5 Å². The van der Waals surface area contributed by atoms with E-state index in [0.717, 1.165) is 22.2 Å². The zero-order chi connectivity index (χ0) is 12.4. The van der Waals surface area contributed by atoms with Gasteiger partial charge in [0, 0.05) is 17.1 Å². The number of aromatic amines is 1. The van der Waals surface area contributed by atoms with Crippen molar-refractivity contribution in [3.63, 3.8) is 0 Å². The van der Waals surface area contributed by atoms with Gasteiger partial charge in [0.25, 0.3) is 0 Å². The van der Waals surface area contributed by atoms with Gasteiger partial charge in [-0.3, -0.25) is 0 Å². The Morgan fingerprint density at radius 1 is 1.06 bits per heavy atom. The molecule has 0 saturated carbocycles. The molecule has 1 aromatic heterocycles. The molecule has 0 amide bonds. The average Bonchev–Trinajstić information content (AvgIpc) is 2.84. The van der Waals surface area contributed by atoms with Gasteiger partial charge in [0.2, 0.25) is 0 Å². The highest BCUT2D eigenvalue weighted by Crippen LogP contribution is 2.21. The molecule has 18 heavy (non-hydrogen) atoms. The van der Waals surface area contributed by atoms with Crippen LogP contribution in [0.1, 0.15) is 5.56 Å². The first-order valence-corrected chi connectivity index (χ1v) is 5.79. The molecular weight excluding hydrogens is 226 g/mol. The largest absolute Gasteiger partial charge is 0.508 e. The number of rotatable bonds is 3. The van der Waals surface area contributed by atoms with Gasteiger partial charge in [-0.2, -0.15) is 0 Å². The van der Waals surface area contributed by atoms with Crippen LogP contribution in [0.2, 0.25) is 0 Å². The molecule has 3 aromatic rings. The Labute approximate surface area is 105 Å². The number of fused-ring (bicyclic) bond motifs is 1. The third-order valence-electron chi connectivity index (χ3n) is 2.84. The lowest BCUT2D eigenvalue weighted by atomic mass is 10.2. The summed E-state index contributed by atoms with van der Waals surface area (Å²) in [5, 5.41) is 10.5. The zero-order valence-corrected chi connectivity index (χ0v) is 9.76. The van der Waals surface area contributed by atoms with Crippen molar-refractivity contribution < 1.29 is 9.84 Å². The Morgan fingerprint density at radius 2 is 2.00 bits per heavy atom. The predicted octanol–water partition coefficient (Wildman–Crippen LogP) is 3.45. The summed E-state index contributed by atoms with van der Waals surface area (Å²) in [6.45, 7) is 0.449. The van der Waals surface area contributed by atoms with Crippen molar-refractivity contribution in [2.75, 3.05) is 0 Å². The van der Waals surface area contributed by atoms with Gasteiger partial charge in [0.1, 0.15) is 18.1 Å². The summed E-state index contributed by atoms with van der Waals surface area (Å²) in [5.74, 6) is 1.09. The fourth-order valence-electron chi connectivity index (χ4n) is 1.93. The zero-order valence-electron chi connectivity index (χ0n) is 9.76. The molecule has 90 valence electrons. The molecule has 0 aliphatic heterocycles. The number of phenolic OH excluding ortho intramolecular Hbond substituents is 1. The Morgan fingerprint density at radius 3 is 2.89 bits per heavy atom. The molecular formula is C15H13NO2. The molecule has 0 radical (unpaired) electrons. The first kappa shape index (κ1) is 10.7. The summed E-state index contributed by atoms with van der Waals surface area (Å²) in [5.41, 5.74) is 2.05. The number of aromatic hydroxyl groups is 1. The van der Waals surface area contributed by atoms with Gasteiger partial charge < -0.3 is 14.8 Å². The third kappa shape index (κ3) is 2.15. The van der Waals surface area contributed by atoms with Gasteiger partial charge in [-0.1, -0.05) is 12.1 Å². The number of aromatic nitrogens is 1. The van der Waals surface area contributed by atoms with Gasteiger partial charge in [-0.25, -0.2) is 0 Å². The van der Waals surface area contributed by atoms with Crippen molar-refractivity contribution >= 4 is 10.9 Å². The second kappa shape index (κ2) is 4.45. The lowest BCUT2D eigenvalue weighted by Crippen LogP contribution is -1.94. The van der Waals surface area contributed by atoms with E-state index >= 15 is 0 Å². The Kier molecular flexibility index (Phi) is 2.65. The number of hydrogen-bond donors (Lipinski definition) is 2. The van der Waals surface area contributed by atoms with Crippen molar-refractivity contribution in [1.29, 1.82) is 0 Å². The van der Waals surface area contributed by atoms with E-state index in [9.17, 15) is 5.11 Å². The van der Waals surface area contributed by atoms with E-state index in [-0.39, 0.29) is 5.75 Å². The molecule has 0 spiro atoms. The topological polar surface area (TPSA) is 45.2 Å². The second-order valence-corrected chi connectivity index (χ2v) is 4.19. The monoisotopic (exact) mass is 239 g/mol. The molecule has 3 nitrogen and oxygen atoms in total. The van der Waals surface area contributed by atoms with Gasteiger partial charge in [-0.05, 0) is 42.0 Å². The Bertz CT molecular complexity index is 673. The fraction of sp³-hybridized carbons (Fsp3) is 0.0667. The molecule has 0 aliphatic carbocycles. The van der Waals surface area contributed by atoms with E-state index in [0.29, 0.717) is 6.61 Å². The van der Waals surface area contributed by atoms with Crippen molar-refractivity contribution in [2.45, 2.75) is 6.61 Å². The van der Waals surface area contributed by atoms with Gasteiger partial charge in [-0.15, -0.1) is 0 Å². The molecule has 1 heterocycles. The van der Waals surface area contributed by atoms with Crippen LogP contribution in [0.15, 0.2) is 54.7 Å². The molecule has 0 atom stereocenters. The highest BCUT2D eigenvalue weighted by Gasteiger charge is 1.99. The van der Waals surface area contributed by atoms with Crippen molar-refractivity contribution in [1.82, 2.24) is 4.98 Å². The number of hydrogen-bond acceptors (Lipinski definition) is 2. The number of phenols is 1. The van der Waals surface area contributed by atoms with E-state index in [4.69, 9.17) is 4.74 Å². The summed E-state index contributed by atoms with van der Waals surface area (Å²) in [6, 6.07) is 15.0. The molecule has 0 saturated heterocycles. The van der Waals surface area contributed by atoms with E-state index in [1.54, 1.807) is 12.1 Å². The number of H-pyrrole nitrogens is 1. The maximum atomic E-state index is 9.36. The van der Waals surface area contributed by atoms with Crippen LogP contribution in [0.3, 0.4) is 0 Å². The van der Waals surface area contributed by atoms with Crippen LogP contribution in [-0.4, -0.2) is 10.1 Å². The van der Waals surface area contributed by atoms with E-state index < -0.39 is 0 Å². The molecule has 0 fully saturated rings. The summed E-state index contributed by atoms with van der Waals surface area (Å²) in [7, 11) is 0. The van der Waals surface area contributed by atoms with Crippen LogP contribution in [0.5, 0.6) is 11.5 Å². The van der Waals surface area contributed by atoms with E-state index in [1.165, 1.54) is 0 Å². The van der Waals surface area contributed by atoms with Gasteiger partial charge in [0.15, 0.2) is 0 Å². The van der Waals surface area contributed by atoms with Crippen LogP contribution in [0, 0.1) is 0 Å². The summed E-state index contributed by atoms with van der Waals surface area (Å²) in [4.78, 5) is 3.14. The molecule has 0 aliphatic rings. The minimum Gasteiger partial charge on any atom is -0.508 e. The van der Waals surface area contributed by atoms with Crippen LogP contribution < -0.4 is 4.74 Å². The SMILES string of the molecule is Oc1cccc(COc2ccc3[nH]ccc3c2)c1. The van der Waals surface area contributed by atoms with Crippen LogP contribution >= 0.6 is 0 Å². The summed E-state index contributed by atoms with van der Waals surface area (Å²) >= 11 is 0. The quantitative estimate of drug-likeness (QED) is 0.735. The molecule has 3 heteroatoms. The number of nitrogens with one attached hydrogen (secondary N) is 1. The molecule has 2 N–H and O–H groups in total. The lowest BCUT2D eigenvalue weighted by molar-refractivity contribution is 0.306. The summed E-state index contributed by atoms with van der Waals surface area (Å²) in [6.07, 6.45) is 1.91. The van der Waals surface area contributed by atoms with Crippen LogP contribution in [-0.2, 0) is 6.61 Å². The first-order valence-electron chi connectivity index (χ1n) is 5.79. The van der Waals surface area contributed by atoms with Crippen molar-refractivity contribution in [2.24, 2.45) is 0 Å². The predicted molar refractivity (Wildman–Crippen MR) is 70.7 cm³/mol. The Hall–Kier alpha value is -2.42. The van der Waals surface area contributed by atoms with Crippen LogP contribution in [0.4, 0.5) is 0 Å². The fourth-order valence-corrected chi connectivity index (χ4v) is 1.93. The van der Waals surface area contributed by atoms with Gasteiger partial charge >= 0.3 is 0 Å². The standard InChI is InChI=1S/C15H13NO2/c17-13-3-1-2-11(8-13)10-18-14-4-5-15-12(9-14)6-7-16-15/h1-9,16-17H,10H2. The maximum absolute atomic E-state index is 9.36. The normalized spacial score (nSPS) is 10.7.